The van der Waals surface area contributed by atoms with E-state index in [1.807, 2.05) is 30.3 Å². The molecular weight excluding hydrogens is 364 g/mol. The highest BCUT2D eigenvalue weighted by molar-refractivity contribution is 6.30. The van der Waals surface area contributed by atoms with Crippen molar-refractivity contribution in [3.8, 4) is 5.75 Å². The summed E-state index contributed by atoms with van der Waals surface area (Å²) in [5, 5.41) is 4.26. The Morgan fingerprint density at radius 3 is 2.41 bits per heavy atom. The van der Waals surface area contributed by atoms with Crippen LogP contribution in [0.15, 0.2) is 84.0 Å². The summed E-state index contributed by atoms with van der Waals surface area (Å²) in [7, 11) is 0. The van der Waals surface area contributed by atoms with E-state index in [1.54, 1.807) is 48.5 Å². The van der Waals surface area contributed by atoms with E-state index in [9.17, 15) is 4.79 Å². The standard InChI is InChI=1S/C21H17ClN2O3/c22-18-11-9-16(10-12-18)20(23)24-27-21(25)17-7-4-8-19(13-17)26-14-15-5-2-1-3-6-15/h1-13H,14H2,(H2,23,24). The molecular formula is C21H17ClN2O3. The Morgan fingerprint density at radius 2 is 1.67 bits per heavy atom. The van der Waals surface area contributed by atoms with Gasteiger partial charge >= 0.3 is 5.97 Å². The summed E-state index contributed by atoms with van der Waals surface area (Å²) in [5.74, 6) is 0.0107. The number of ether oxygens (including phenoxy) is 1. The second kappa shape index (κ2) is 8.87. The summed E-state index contributed by atoms with van der Waals surface area (Å²) in [6.07, 6.45) is 0. The number of nitrogens with zero attached hydrogens (tertiary/aromatic N) is 1. The Bertz CT molecular complexity index is 941. The lowest BCUT2D eigenvalue weighted by Gasteiger charge is -2.07. The van der Waals surface area contributed by atoms with Crippen molar-refractivity contribution in [2.24, 2.45) is 10.9 Å². The first-order valence-electron chi connectivity index (χ1n) is 8.19. The van der Waals surface area contributed by atoms with E-state index in [0.717, 1.165) is 5.56 Å². The predicted molar refractivity (Wildman–Crippen MR) is 105 cm³/mol. The summed E-state index contributed by atoms with van der Waals surface area (Å²) < 4.78 is 5.71. The molecule has 3 rings (SSSR count). The zero-order valence-corrected chi connectivity index (χ0v) is 15.1. The molecule has 0 unspecified atom stereocenters. The minimum Gasteiger partial charge on any atom is -0.489 e. The molecule has 5 nitrogen and oxygen atoms in total. The fourth-order valence-electron chi connectivity index (χ4n) is 2.27. The van der Waals surface area contributed by atoms with E-state index in [4.69, 9.17) is 26.9 Å². The number of hydrogen-bond donors (Lipinski definition) is 1. The van der Waals surface area contributed by atoms with Crippen molar-refractivity contribution in [1.82, 2.24) is 0 Å². The summed E-state index contributed by atoms with van der Waals surface area (Å²) in [4.78, 5) is 17.1. The third-order valence-corrected chi connectivity index (χ3v) is 3.94. The Labute approximate surface area is 162 Å². The third kappa shape index (κ3) is 5.33. The molecule has 27 heavy (non-hydrogen) atoms. The Kier molecular flexibility index (Phi) is 6.07. The van der Waals surface area contributed by atoms with Crippen LogP contribution in [-0.4, -0.2) is 11.8 Å². The van der Waals surface area contributed by atoms with Crippen molar-refractivity contribution in [2.45, 2.75) is 6.61 Å². The molecule has 3 aromatic carbocycles. The van der Waals surface area contributed by atoms with Gasteiger partial charge in [-0.25, -0.2) is 4.79 Å². The van der Waals surface area contributed by atoms with Crippen LogP contribution in [0.1, 0.15) is 21.5 Å². The van der Waals surface area contributed by atoms with Crippen molar-refractivity contribution in [1.29, 1.82) is 0 Å². The van der Waals surface area contributed by atoms with Crippen LogP contribution in [0.25, 0.3) is 0 Å². The Balaban J connectivity index is 1.62. The second-order valence-corrected chi connectivity index (χ2v) is 6.10. The topological polar surface area (TPSA) is 73.9 Å². The second-order valence-electron chi connectivity index (χ2n) is 5.66. The maximum absolute atomic E-state index is 12.2. The normalized spacial score (nSPS) is 11.1. The highest BCUT2D eigenvalue weighted by atomic mass is 35.5. The molecule has 0 amide bonds. The molecule has 0 aliphatic rings. The molecule has 0 spiro atoms. The van der Waals surface area contributed by atoms with Gasteiger partial charge in [0, 0.05) is 10.6 Å². The zero-order chi connectivity index (χ0) is 19.1. The van der Waals surface area contributed by atoms with Crippen molar-refractivity contribution < 1.29 is 14.4 Å². The Morgan fingerprint density at radius 1 is 0.926 bits per heavy atom. The van der Waals surface area contributed by atoms with Gasteiger partial charge in [-0.3, -0.25) is 0 Å². The number of halogens is 1. The first-order valence-corrected chi connectivity index (χ1v) is 8.57. The lowest BCUT2D eigenvalue weighted by molar-refractivity contribution is 0.0515. The first kappa shape index (κ1) is 18.5. The SMILES string of the molecule is N/C(=N/OC(=O)c1cccc(OCc2ccccc2)c1)c1ccc(Cl)cc1. The van der Waals surface area contributed by atoms with E-state index in [-0.39, 0.29) is 5.84 Å². The number of carbonyl (C=O) groups excluding carboxylic acids is 1. The number of oxime groups is 1. The van der Waals surface area contributed by atoms with Gasteiger partial charge in [-0.15, -0.1) is 0 Å². The molecule has 0 fully saturated rings. The van der Waals surface area contributed by atoms with E-state index in [1.165, 1.54) is 0 Å². The van der Waals surface area contributed by atoms with Gasteiger partial charge < -0.3 is 15.3 Å². The lowest BCUT2D eigenvalue weighted by Crippen LogP contribution is -2.15. The molecule has 0 aromatic heterocycles. The highest BCUT2D eigenvalue weighted by Crippen LogP contribution is 2.16. The molecule has 0 aliphatic heterocycles. The van der Waals surface area contributed by atoms with Crippen LogP contribution in [0, 0.1) is 0 Å². The summed E-state index contributed by atoms with van der Waals surface area (Å²) in [6, 6.07) is 23.2. The van der Waals surface area contributed by atoms with Crippen LogP contribution in [-0.2, 0) is 11.4 Å². The van der Waals surface area contributed by atoms with Crippen LogP contribution in [0.2, 0.25) is 5.02 Å². The predicted octanol–water partition coefficient (Wildman–Crippen LogP) is 4.40. The number of carbonyl (C=O) groups is 1. The summed E-state index contributed by atoms with van der Waals surface area (Å²) >= 11 is 5.83. The quantitative estimate of drug-likeness (QED) is 0.298. The number of amidine groups is 1. The lowest BCUT2D eigenvalue weighted by atomic mass is 10.2. The van der Waals surface area contributed by atoms with Crippen molar-refractivity contribution in [3.63, 3.8) is 0 Å². The fourth-order valence-corrected chi connectivity index (χ4v) is 2.40. The largest absolute Gasteiger partial charge is 0.489 e. The molecule has 0 radical (unpaired) electrons. The first-order chi connectivity index (χ1) is 13.1. The van der Waals surface area contributed by atoms with Gasteiger partial charge in [0.2, 0.25) is 0 Å². The third-order valence-electron chi connectivity index (χ3n) is 3.68. The van der Waals surface area contributed by atoms with E-state index >= 15 is 0 Å². The minimum atomic E-state index is -0.628. The maximum atomic E-state index is 12.2. The molecule has 136 valence electrons. The van der Waals surface area contributed by atoms with Gasteiger partial charge in [0.05, 0.1) is 5.56 Å². The highest BCUT2D eigenvalue weighted by Gasteiger charge is 2.10. The van der Waals surface area contributed by atoms with Crippen LogP contribution in [0.5, 0.6) is 5.75 Å². The molecule has 0 aliphatic carbocycles. The minimum absolute atomic E-state index is 0.0801. The fraction of sp³-hybridized carbons (Fsp3) is 0.0476. The molecule has 0 bridgehead atoms. The molecule has 0 saturated carbocycles. The average Bonchev–Trinajstić information content (AvgIpc) is 2.72. The summed E-state index contributed by atoms with van der Waals surface area (Å²) in [5.41, 5.74) is 7.77. The van der Waals surface area contributed by atoms with Gasteiger partial charge in [0.15, 0.2) is 5.84 Å². The molecule has 2 N–H and O–H groups in total. The molecule has 0 atom stereocenters. The molecule has 6 heteroatoms. The van der Waals surface area contributed by atoms with Gasteiger partial charge in [0.25, 0.3) is 0 Å². The molecule has 0 saturated heterocycles. The van der Waals surface area contributed by atoms with Gasteiger partial charge in [-0.1, -0.05) is 53.2 Å². The number of hydrogen-bond acceptors (Lipinski definition) is 4. The van der Waals surface area contributed by atoms with Gasteiger partial charge in [0.1, 0.15) is 12.4 Å². The van der Waals surface area contributed by atoms with E-state index < -0.39 is 5.97 Å². The summed E-state index contributed by atoms with van der Waals surface area (Å²) in [6.45, 7) is 0.404. The van der Waals surface area contributed by atoms with Gasteiger partial charge in [-0.05, 0) is 48.0 Å². The van der Waals surface area contributed by atoms with Crippen molar-refractivity contribution in [3.05, 3.63) is 101 Å². The molecule has 3 aromatic rings. The van der Waals surface area contributed by atoms with Gasteiger partial charge in [-0.2, -0.15) is 0 Å². The maximum Gasteiger partial charge on any atom is 0.365 e. The molecule has 0 heterocycles. The average molecular weight is 381 g/mol. The number of benzene rings is 3. The van der Waals surface area contributed by atoms with Crippen molar-refractivity contribution in [2.75, 3.05) is 0 Å². The van der Waals surface area contributed by atoms with Crippen LogP contribution in [0.4, 0.5) is 0 Å². The van der Waals surface area contributed by atoms with E-state index in [2.05, 4.69) is 5.16 Å². The number of nitrogens with two attached hydrogens (primary N) is 1. The van der Waals surface area contributed by atoms with Crippen LogP contribution in [0.3, 0.4) is 0 Å². The number of rotatable bonds is 6. The van der Waals surface area contributed by atoms with Crippen LogP contribution < -0.4 is 10.5 Å². The Hall–Kier alpha value is -3.31. The zero-order valence-electron chi connectivity index (χ0n) is 14.3. The van der Waals surface area contributed by atoms with Crippen molar-refractivity contribution >= 4 is 23.4 Å². The smallest absolute Gasteiger partial charge is 0.365 e. The van der Waals surface area contributed by atoms with E-state index in [0.29, 0.717) is 28.5 Å². The monoisotopic (exact) mass is 380 g/mol. The van der Waals surface area contributed by atoms with Crippen LogP contribution >= 0.6 is 11.6 Å².